The molecule has 29 heavy (non-hydrogen) atoms. The molecule has 0 heterocycles. The Kier molecular flexibility index (Phi) is 11.1. The number of hydrogen-bond donors (Lipinski definition) is 3. The smallest absolute Gasteiger partial charge is 0.248 e. The van der Waals surface area contributed by atoms with Crippen LogP contribution >= 0.6 is 24.0 Å². The van der Waals surface area contributed by atoms with Crippen LogP contribution in [0.4, 0.5) is 5.69 Å². The number of amides is 1. The fraction of sp³-hybridized carbons (Fsp3) is 0.364. The predicted molar refractivity (Wildman–Crippen MR) is 132 cm³/mol. The van der Waals surface area contributed by atoms with Crippen molar-refractivity contribution in [3.63, 3.8) is 0 Å². The Hall–Kier alpha value is -2.29. The summed E-state index contributed by atoms with van der Waals surface area (Å²) in [7, 11) is 0. The van der Waals surface area contributed by atoms with E-state index in [4.69, 9.17) is 5.73 Å². The van der Waals surface area contributed by atoms with E-state index in [0.717, 1.165) is 37.7 Å². The number of halogens is 1. The Labute approximate surface area is 191 Å². The van der Waals surface area contributed by atoms with Crippen molar-refractivity contribution in [3.05, 3.63) is 65.2 Å². The minimum absolute atomic E-state index is 0. The molecule has 0 bridgehead atoms. The second-order valence-corrected chi connectivity index (χ2v) is 6.60. The van der Waals surface area contributed by atoms with Gasteiger partial charge in [0, 0.05) is 37.4 Å². The molecule has 7 heteroatoms. The molecule has 0 spiro atoms. The van der Waals surface area contributed by atoms with E-state index < -0.39 is 5.91 Å². The minimum atomic E-state index is -0.417. The first kappa shape index (κ1) is 24.7. The Bertz CT molecular complexity index is 792. The number of primary amides is 1. The number of nitrogens with zero attached hydrogens (tertiary/aromatic N) is 2. The van der Waals surface area contributed by atoms with Crippen molar-refractivity contribution in [2.45, 2.75) is 27.3 Å². The van der Waals surface area contributed by atoms with Crippen LogP contribution in [0, 0.1) is 6.92 Å². The Morgan fingerprint density at radius 3 is 2.41 bits per heavy atom. The number of anilines is 1. The highest BCUT2D eigenvalue weighted by Gasteiger charge is 2.05. The van der Waals surface area contributed by atoms with E-state index in [1.165, 1.54) is 11.3 Å². The molecule has 0 aliphatic rings. The number of benzene rings is 2. The van der Waals surface area contributed by atoms with E-state index in [1.54, 1.807) is 12.1 Å². The molecule has 0 unspecified atom stereocenters. The van der Waals surface area contributed by atoms with Crippen molar-refractivity contribution in [2.24, 2.45) is 10.7 Å². The summed E-state index contributed by atoms with van der Waals surface area (Å²) in [5.41, 5.74) is 9.31. The van der Waals surface area contributed by atoms with Gasteiger partial charge in [0.25, 0.3) is 0 Å². The van der Waals surface area contributed by atoms with E-state index in [9.17, 15) is 4.79 Å². The minimum Gasteiger partial charge on any atom is -0.370 e. The van der Waals surface area contributed by atoms with Crippen LogP contribution in [0.15, 0.2) is 53.5 Å². The zero-order chi connectivity index (χ0) is 20.4. The maximum Gasteiger partial charge on any atom is 0.248 e. The number of carbonyl (C=O) groups is 1. The number of rotatable bonds is 9. The third-order valence-corrected chi connectivity index (χ3v) is 4.43. The molecular weight excluding hydrogens is 477 g/mol. The number of nitrogens with two attached hydrogens (primary N) is 1. The van der Waals surface area contributed by atoms with Crippen molar-refractivity contribution in [3.8, 4) is 0 Å². The van der Waals surface area contributed by atoms with Crippen molar-refractivity contribution < 1.29 is 4.79 Å². The SMILES string of the molecule is CCNC(=NCc1ccc(C(N)=O)cc1)NCCN(CC)c1cccc(C)c1.I. The van der Waals surface area contributed by atoms with Crippen LogP contribution in [-0.4, -0.2) is 38.0 Å². The van der Waals surface area contributed by atoms with E-state index in [2.05, 4.69) is 58.6 Å². The monoisotopic (exact) mass is 509 g/mol. The summed E-state index contributed by atoms with van der Waals surface area (Å²) in [5, 5.41) is 6.66. The van der Waals surface area contributed by atoms with Crippen LogP contribution in [0.1, 0.15) is 35.3 Å². The molecule has 6 nitrogen and oxygen atoms in total. The number of guanidine groups is 1. The van der Waals surface area contributed by atoms with Crippen molar-refractivity contribution in [2.75, 3.05) is 31.1 Å². The van der Waals surface area contributed by atoms with Crippen LogP contribution in [0.5, 0.6) is 0 Å². The molecule has 0 radical (unpaired) electrons. The maximum atomic E-state index is 11.2. The fourth-order valence-corrected chi connectivity index (χ4v) is 2.89. The van der Waals surface area contributed by atoms with Gasteiger partial charge in [-0.05, 0) is 56.2 Å². The van der Waals surface area contributed by atoms with Crippen LogP contribution in [-0.2, 0) is 6.54 Å². The van der Waals surface area contributed by atoms with Gasteiger partial charge in [-0.2, -0.15) is 0 Å². The molecular formula is C22H32IN5O. The lowest BCUT2D eigenvalue weighted by Crippen LogP contribution is -2.41. The highest BCUT2D eigenvalue weighted by Crippen LogP contribution is 2.15. The molecule has 2 aromatic carbocycles. The number of hydrogen-bond acceptors (Lipinski definition) is 3. The molecule has 1 amide bonds. The molecule has 0 atom stereocenters. The van der Waals surface area contributed by atoms with Gasteiger partial charge in [-0.25, -0.2) is 4.99 Å². The first-order valence-electron chi connectivity index (χ1n) is 9.76. The summed E-state index contributed by atoms with van der Waals surface area (Å²) in [6.07, 6.45) is 0. The van der Waals surface area contributed by atoms with Gasteiger partial charge in [0.15, 0.2) is 5.96 Å². The number of aryl methyl sites for hydroxylation is 1. The topological polar surface area (TPSA) is 82.7 Å². The third-order valence-electron chi connectivity index (χ3n) is 4.43. The molecule has 0 aromatic heterocycles. The maximum absolute atomic E-state index is 11.2. The van der Waals surface area contributed by atoms with Gasteiger partial charge in [-0.3, -0.25) is 4.79 Å². The standard InChI is InChI=1S/C22H31N5O.HI/c1-4-24-22(26-16-18-9-11-19(12-10-18)21(23)28)25-13-14-27(5-2)20-8-6-7-17(3)15-20;/h6-12,15H,4-5,13-14,16H2,1-3H3,(H2,23,28)(H2,24,25,26);1H. The Morgan fingerprint density at radius 1 is 1.10 bits per heavy atom. The lowest BCUT2D eigenvalue weighted by molar-refractivity contribution is 0.100. The molecule has 2 aromatic rings. The number of aliphatic imine (C=N–C) groups is 1. The first-order valence-corrected chi connectivity index (χ1v) is 9.76. The van der Waals surface area contributed by atoms with Gasteiger partial charge in [0.2, 0.25) is 5.91 Å². The summed E-state index contributed by atoms with van der Waals surface area (Å²) in [6.45, 7) is 10.3. The third kappa shape index (κ3) is 8.31. The Balaban J connectivity index is 0.00000420. The molecule has 0 saturated heterocycles. The van der Waals surface area contributed by atoms with Gasteiger partial charge in [-0.1, -0.05) is 24.3 Å². The second-order valence-electron chi connectivity index (χ2n) is 6.60. The number of likely N-dealkylation sites (N-methyl/N-ethyl adjacent to an activating group) is 1. The van der Waals surface area contributed by atoms with Gasteiger partial charge in [-0.15, -0.1) is 24.0 Å². The normalized spacial score (nSPS) is 10.8. The predicted octanol–water partition coefficient (Wildman–Crippen LogP) is 3.29. The first-order chi connectivity index (χ1) is 13.5. The zero-order valence-corrected chi connectivity index (χ0v) is 19.8. The number of nitrogens with one attached hydrogen (secondary N) is 2. The van der Waals surface area contributed by atoms with E-state index in [1.807, 2.05) is 19.1 Å². The number of carbonyl (C=O) groups excluding carboxylic acids is 1. The van der Waals surface area contributed by atoms with Crippen molar-refractivity contribution in [1.82, 2.24) is 10.6 Å². The highest BCUT2D eigenvalue weighted by atomic mass is 127. The van der Waals surface area contributed by atoms with Crippen LogP contribution in [0.3, 0.4) is 0 Å². The summed E-state index contributed by atoms with van der Waals surface area (Å²) < 4.78 is 0. The highest BCUT2D eigenvalue weighted by molar-refractivity contribution is 14.0. The largest absolute Gasteiger partial charge is 0.370 e. The molecule has 0 aliphatic carbocycles. The van der Waals surface area contributed by atoms with Gasteiger partial charge < -0.3 is 21.3 Å². The average molecular weight is 509 g/mol. The van der Waals surface area contributed by atoms with Crippen LogP contribution in [0.25, 0.3) is 0 Å². The second kappa shape index (κ2) is 13.0. The summed E-state index contributed by atoms with van der Waals surface area (Å²) >= 11 is 0. The lowest BCUT2D eigenvalue weighted by atomic mass is 10.1. The quantitative estimate of drug-likeness (QED) is 0.275. The molecule has 4 N–H and O–H groups in total. The van der Waals surface area contributed by atoms with Gasteiger partial charge in [0.05, 0.1) is 6.54 Å². The molecule has 0 fully saturated rings. The van der Waals surface area contributed by atoms with E-state index >= 15 is 0 Å². The summed E-state index contributed by atoms with van der Waals surface area (Å²) in [6, 6.07) is 15.8. The molecule has 0 aliphatic heterocycles. The van der Waals surface area contributed by atoms with Gasteiger partial charge >= 0.3 is 0 Å². The van der Waals surface area contributed by atoms with E-state index in [-0.39, 0.29) is 24.0 Å². The fourth-order valence-electron chi connectivity index (χ4n) is 2.89. The molecule has 0 saturated carbocycles. The van der Waals surface area contributed by atoms with Crippen molar-refractivity contribution >= 4 is 41.5 Å². The van der Waals surface area contributed by atoms with Crippen LogP contribution < -0.4 is 21.3 Å². The molecule has 158 valence electrons. The zero-order valence-electron chi connectivity index (χ0n) is 17.4. The average Bonchev–Trinajstić information content (AvgIpc) is 2.69. The van der Waals surface area contributed by atoms with E-state index in [0.29, 0.717) is 12.1 Å². The molecule has 2 rings (SSSR count). The lowest BCUT2D eigenvalue weighted by Gasteiger charge is -2.24. The summed E-state index contributed by atoms with van der Waals surface area (Å²) in [5.74, 6) is 0.362. The van der Waals surface area contributed by atoms with Crippen molar-refractivity contribution in [1.29, 1.82) is 0 Å². The van der Waals surface area contributed by atoms with Gasteiger partial charge in [0.1, 0.15) is 0 Å². The van der Waals surface area contributed by atoms with Crippen LogP contribution in [0.2, 0.25) is 0 Å². The summed E-state index contributed by atoms with van der Waals surface area (Å²) in [4.78, 5) is 18.1. The Morgan fingerprint density at radius 2 is 1.83 bits per heavy atom.